The molecular formula is C28H32FN3O5. The van der Waals surface area contributed by atoms with Crippen LogP contribution in [0.2, 0.25) is 0 Å². The van der Waals surface area contributed by atoms with Crippen molar-refractivity contribution < 1.29 is 28.2 Å². The van der Waals surface area contributed by atoms with E-state index < -0.39 is 30.2 Å². The molecule has 2 fully saturated rings. The lowest BCUT2D eigenvalue weighted by molar-refractivity contribution is 0.0269. The van der Waals surface area contributed by atoms with Gasteiger partial charge in [-0.05, 0) is 38.5 Å². The summed E-state index contributed by atoms with van der Waals surface area (Å²) in [5.41, 5.74) is 1.43. The molecule has 0 radical (unpaired) electrons. The van der Waals surface area contributed by atoms with Crippen LogP contribution < -0.4 is 15.4 Å². The van der Waals surface area contributed by atoms with Crippen LogP contribution in [-0.4, -0.2) is 67.4 Å². The van der Waals surface area contributed by atoms with Crippen LogP contribution in [-0.2, 0) is 4.74 Å². The summed E-state index contributed by atoms with van der Waals surface area (Å²) >= 11 is 0. The molecule has 4 atom stereocenters. The van der Waals surface area contributed by atoms with Crippen molar-refractivity contribution in [2.75, 3.05) is 26.8 Å². The molecule has 2 aromatic rings. The topological polar surface area (TPSA) is 97.0 Å². The largest absolute Gasteiger partial charge is 0.486 e. The Hall–Kier alpha value is -3.62. The first-order chi connectivity index (χ1) is 17.6. The number of ether oxygens (including phenoxy) is 2. The number of halogens is 1. The maximum atomic E-state index is 14.0. The number of nitrogens with zero attached hydrogens (tertiary/aromatic N) is 1. The number of carbonyl (C=O) groups is 3. The zero-order chi connectivity index (χ0) is 26.5. The van der Waals surface area contributed by atoms with Crippen molar-refractivity contribution in [1.29, 1.82) is 0 Å². The van der Waals surface area contributed by atoms with Gasteiger partial charge in [-0.1, -0.05) is 30.3 Å². The van der Waals surface area contributed by atoms with Gasteiger partial charge in [-0.3, -0.25) is 9.59 Å². The van der Waals surface area contributed by atoms with E-state index in [4.69, 9.17) is 9.47 Å². The number of fused-ring (bicyclic) bond motifs is 2. The first kappa shape index (κ1) is 25.0. The summed E-state index contributed by atoms with van der Waals surface area (Å²) in [4.78, 5) is 40.1. The predicted molar refractivity (Wildman–Crippen MR) is 135 cm³/mol. The van der Waals surface area contributed by atoms with Crippen molar-refractivity contribution in [1.82, 2.24) is 15.5 Å². The Morgan fingerprint density at radius 3 is 2.35 bits per heavy atom. The van der Waals surface area contributed by atoms with Crippen LogP contribution in [0.1, 0.15) is 58.5 Å². The highest BCUT2D eigenvalue weighted by atomic mass is 19.1. The average Bonchev–Trinajstić information content (AvgIpc) is 3.21. The molecule has 1 saturated heterocycles. The molecule has 0 aromatic heterocycles. The minimum absolute atomic E-state index is 0.0531. The Morgan fingerprint density at radius 2 is 1.76 bits per heavy atom. The summed E-state index contributed by atoms with van der Waals surface area (Å²) in [6.07, 6.45) is -1.13. The van der Waals surface area contributed by atoms with Crippen LogP contribution in [0.3, 0.4) is 0 Å². The number of piperidine rings is 1. The van der Waals surface area contributed by atoms with Crippen molar-refractivity contribution in [2.24, 2.45) is 11.8 Å². The Balaban J connectivity index is 1.36. The molecule has 3 aliphatic rings. The molecule has 0 unspecified atom stereocenters. The molecular weight excluding hydrogens is 477 g/mol. The Morgan fingerprint density at radius 1 is 1.08 bits per heavy atom. The van der Waals surface area contributed by atoms with E-state index in [1.54, 1.807) is 11.0 Å². The van der Waals surface area contributed by atoms with Gasteiger partial charge in [0, 0.05) is 49.1 Å². The standard InChI is InChI=1S/C28H32FN3O5/c1-28(2,3)37-27(35)32-13-19-20(14-32)23(19)31-25(33)16-10-17-22(15-8-6-5-7-9-15)21(12-29)36-24(17)18(11-16)26(34)30-4/h5-11,19-23H,12-14H2,1-4H3,(H,30,34)(H,31,33)/t19-,20-,21-,22+/m1/s1. The molecule has 3 amide bonds. The second kappa shape index (κ2) is 9.36. The van der Waals surface area contributed by atoms with Gasteiger partial charge in [0.15, 0.2) is 0 Å². The van der Waals surface area contributed by atoms with Gasteiger partial charge in [0.05, 0.1) is 11.5 Å². The number of benzene rings is 2. The minimum atomic E-state index is -0.791. The molecule has 2 N–H and O–H groups in total. The highest BCUT2D eigenvalue weighted by molar-refractivity contribution is 6.02. The molecule has 2 aromatic carbocycles. The number of alkyl halides is 1. The molecule has 2 heterocycles. The summed E-state index contributed by atoms with van der Waals surface area (Å²) in [5.74, 6) is -0.523. The smallest absolute Gasteiger partial charge is 0.410 e. The van der Waals surface area contributed by atoms with Gasteiger partial charge in [-0.15, -0.1) is 0 Å². The summed E-state index contributed by atoms with van der Waals surface area (Å²) < 4.78 is 25.4. The maximum absolute atomic E-state index is 14.0. The number of rotatable bonds is 5. The zero-order valence-corrected chi connectivity index (χ0v) is 21.4. The molecule has 0 bridgehead atoms. The average molecular weight is 510 g/mol. The van der Waals surface area contributed by atoms with E-state index in [9.17, 15) is 18.8 Å². The summed E-state index contributed by atoms with van der Waals surface area (Å²) in [5, 5.41) is 5.66. The SMILES string of the molecule is CNC(=O)c1cc(C(=O)NC2[C@@H]3CN(C(=O)OC(C)(C)C)C[C@@H]23)cc2c1O[C@H](CF)[C@H]2c1ccccc1. The van der Waals surface area contributed by atoms with Crippen molar-refractivity contribution in [3.63, 3.8) is 0 Å². The number of hydrogen-bond donors (Lipinski definition) is 2. The lowest BCUT2D eigenvalue weighted by Crippen LogP contribution is -2.40. The Kier molecular flexibility index (Phi) is 6.33. The van der Waals surface area contributed by atoms with Gasteiger partial charge in [0.25, 0.3) is 11.8 Å². The van der Waals surface area contributed by atoms with E-state index in [-0.39, 0.29) is 35.4 Å². The molecule has 37 heavy (non-hydrogen) atoms. The summed E-state index contributed by atoms with van der Waals surface area (Å²) in [7, 11) is 1.50. The first-order valence-electron chi connectivity index (χ1n) is 12.6. The molecule has 9 heteroatoms. The highest BCUT2D eigenvalue weighted by Crippen LogP contribution is 2.47. The molecule has 8 nitrogen and oxygen atoms in total. The van der Waals surface area contributed by atoms with E-state index in [0.29, 0.717) is 30.0 Å². The summed E-state index contributed by atoms with van der Waals surface area (Å²) in [6, 6.07) is 12.5. The quantitative estimate of drug-likeness (QED) is 0.643. The van der Waals surface area contributed by atoms with Crippen molar-refractivity contribution in [3.8, 4) is 5.75 Å². The van der Waals surface area contributed by atoms with E-state index in [2.05, 4.69) is 10.6 Å². The van der Waals surface area contributed by atoms with E-state index >= 15 is 0 Å². The third kappa shape index (κ3) is 4.74. The third-order valence-corrected chi connectivity index (χ3v) is 7.28. The van der Waals surface area contributed by atoms with Crippen molar-refractivity contribution >= 4 is 17.9 Å². The number of amides is 3. The van der Waals surface area contributed by atoms with Gasteiger partial charge in [-0.2, -0.15) is 0 Å². The third-order valence-electron chi connectivity index (χ3n) is 7.28. The van der Waals surface area contributed by atoms with Gasteiger partial charge in [-0.25, -0.2) is 9.18 Å². The maximum Gasteiger partial charge on any atom is 0.410 e. The van der Waals surface area contributed by atoms with Gasteiger partial charge in [0.1, 0.15) is 24.1 Å². The molecule has 196 valence electrons. The van der Waals surface area contributed by atoms with Crippen molar-refractivity contribution in [3.05, 3.63) is 64.7 Å². The highest BCUT2D eigenvalue weighted by Gasteiger charge is 2.58. The van der Waals surface area contributed by atoms with E-state index in [1.807, 2.05) is 51.1 Å². The lowest BCUT2D eigenvalue weighted by Gasteiger charge is -2.26. The number of nitrogens with one attached hydrogen (secondary N) is 2. The second-order valence-electron chi connectivity index (χ2n) is 10.9. The molecule has 0 spiro atoms. The molecule has 1 saturated carbocycles. The predicted octanol–water partition coefficient (Wildman–Crippen LogP) is 3.50. The second-order valence-corrected chi connectivity index (χ2v) is 10.9. The fraction of sp³-hybridized carbons (Fsp3) is 0.464. The lowest BCUT2D eigenvalue weighted by atomic mass is 9.86. The van der Waals surface area contributed by atoms with Crippen LogP contribution in [0.25, 0.3) is 0 Å². The van der Waals surface area contributed by atoms with Crippen LogP contribution in [0.15, 0.2) is 42.5 Å². The zero-order valence-electron chi connectivity index (χ0n) is 21.4. The monoisotopic (exact) mass is 509 g/mol. The summed E-state index contributed by atoms with van der Waals surface area (Å²) in [6.45, 7) is 5.82. The first-order valence-corrected chi connectivity index (χ1v) is 12.6. The van der Waals surface area contributed by atoms with Crippen molar-refractivity contribution in [2.45, 2.75) is 44.4 Å². The fourth-order valence-electron chi connectivity index (χ4n) is 5.49. The van der Waals surface area contributed by atoms with Crippen LogP contribution in [0.4, 0.5) is 9.18 Å². The number of hydrogen-bond acceptors (Lipinski definition) is 5. The van der Waals surface area contributed by atoms with E-state index in [0.717, 1.165) is 5.56 Å². The minimum Gasteiger partial charge on any atom is -0.486 e. The van der Waals surface area contributed by atoms with Gasteiger partial charge >= 0.3 is 6.09 Å². The van der Waals surface area contributed by atoms with Crippen LogP contribution in [0, 0.1) is 11.8 Å². The normalized spacial score (nSPS) is 25.5. The molecule has 5 rings (SSSR count). The van der Waals surface area contributed by atoms with E-state index in [1.165, 1.54) is 13.1 Å². The number of likely N-dealkylation sites (tertiary alicyclic amines) is 1. The Labute approximate surface area is 215 Å². The van der Waals surface area contributed by atoms with Gasteiger partial charge in [0.2, 0.25) is 0 Å². The molecule has 2 aliphatic heterocycles. The Bertz CT molecular complexity index is 1220. The van der Waals surface area contributed by atoms with Gasteiger partial charge < -0.3 is 25.0 Å². The molecule has 1 aliphatic carbocycles. The fourth-order valence-corrected chi connectivity index (χ4v) is 5.49. The number of carbonyl (C=O) groups excluding carboxylic acids is 3. The van der Waals surface area contributed by atoms with Crippen LogP contribution in [0.5, 0.6) is 5.75 Å². The van der Waals surface area contributed by atoms with Crippen LogP contribution >= 0.6 is 0 Å².